The van der Waals surface area contributed by atoms with Crippen LogP contribution in [0.5, 0.6) is 0 Å². The largest absolute Gasteiger partial charge is 0.287 e. The van der Waals surface area contributed by atoms with Crippen molar-refractivity contribution in [3.05, 3.63) is 57.3 Å². The number of rotatable bonds is 2. The molecule has 0 bridgehead atoms. The molecule has 19 heavy (non-hydrogen) atoms. The fourth-order valence-corrected chi connectivity index (χ4v) is 2.71. The van der Waals surface area contributed by atoms with Gasteiger partial charge in [-0.3, -0.25) is 4.79 Å². The summed E-state index contributed by atoms with van der Waals surface area (Å²) in [7, 11) is 0. The standard InChI is InChI=1S/C15H14F2OS/c1-15(2,3)12-8-7-11(19-12)14(18)13-9(16)5-4-6-10(13)17/h4-8H,1-3H3. The lowest BCUT2D eigenvalue weighted by Crippen LogP contribution is -2.08. The maximum absolute atomic E-state index is 13.6. The first-order valence-electron chi connectivity index (χ1n) is 5.90. The minimum Gasteiger partial charge on any atom is -0.287 e. The highest BCUT2D eigenvalue weighted by Crippen LogP contribution is 2.31. The molecule has 1 heterocycles. The second-order valence-electron chi connectivity index (χ2n) is 5.34. The smallest absolute Gasteiger partial charge is 0.208 e. The predicted molar refractivity (Wildman–Crippen MR) is 72.8 cm³/mol. The Morgan fingerprint density at radius 1 is 1.05 bits per heavy atom. The summed E-state index contributed by atoms with van der Waals surface area (Å²) >= 11 is 1.28. The van der Waals surface area contributed by atoms with E-state index in [-0.39, 0.29) is 5.41 Å². The number of halogens is 2. The van der Waals surface area contributed by atoms with Gasteiger partial charge in [-0.05, 0) is 29.7 Å². The van der Waals surface area contributed by atoms with Crippen LogP contribution in [0.3, 0.4) is 0 Å². The second kappa shape index (κ2) is 4.85. The average molecular weight is 280 g/mol. The van der Waals surface area contributed by atoms with E-state index in [4.69, 9.17) is 0 Å². The van der Waals surface area contributed by atoms with Crippen LogP contribution in [0.25, 0.3) is 0 Å². The van der Waals surface area contributed by atoms with E-state index in [0.717, 1.165) is 17.0 Å². The van der Waals surface area contributed by atoms with Crippen molar-refractivity contribution in [2.24, 2.45) is 0 Å². The average Bonchev–Trinajstić information content (AvgIpc) is 2.77. The highest BCUT2D eigenvalue weighted by Gasteiger charge is 2.23. The molecule has 0 radical (unpaired) electrons. The van der Waals surface area contributed by atoms with Crippen LogP contribution in [0.2, 0.25) is 0 Å². The van der Waals surface area contributed by atoms with Gasteiger partial charge in [0, 0.05) is 4.88 Å². The molecule has 1 aromatic carbocycles. The Bertz CT molecular complexity index is 603. The molecule has 0 amide bonds. The van der Waals surface area contributed by atoms with Gasteiger partial charge in [-0.25, -0.2) is 8.78 Å². The van der Waals surface area contributed by atoms with Crippen molar-refractivity contribution in [3.8, 4) is 0 Å². The molecule has 2 aromatic rings. The van der Waals surface area contributed by atoms with Gasteiger partial charge >= 0.3 is 0 Å². The van der Waals surface area contributed by atoms with Gasteiger partial charge in [0.05, 0.1) is 10.4 Å². The zero-order valence-electron chi connectivity index (χ0n) is 11.0. The van der Waals surface area contributed by atoms with Gasteiger partial charge in [-0.15, -0.1) is 11.3 Å². The summed E-state index contributed by atoms with van der Waals surface area (Å²) in [5.41, 5.74) is -0.568. The van der Waals surface area contributed by atoms with Gasteiger partial charge in [-0.2, -0.15) is 0 Å². The quantitative estimate of drug-likeness (QED) is 0.737. The maximum Gasteiger partial charge on any atom is 0.208 e. The molecular formula is C15H14F2OS. The predicted octanol–water partition coefficient (Wildman–Crippen LogP) is 4.55. The van der Waals surface area contributed by atoms with E-state index in [0.29, 0.717) is 4.88 Å². The molecule has 0 N–H and O–H groups in total. The summed E-state index contributed by atoms with van der Waals surface area (Å²) in [6.45, 7) is 6.07. The third-order valence-corrected chi connectivity index (χ3v) is 4.27. The van der Waals surface area contributed by atoms with E-state index < -0.39 is 23.0 Å². The maximum atomic E-state index is 13.6. The monoisotopic (exact) mass is 280 g/mol. The summed E-state index contributed by atoms with van der Waals surface area (Å²) in [5.74, 6) is -2.25. The van der Waals surface area contributed by atoms with E-state index in [2.05, 4.69) is 0 Å². The molecular weight excluding hydrogens is 266 g/mol. The van der Waals surface area contributed by atoms with Crippen molar-refractivity contribution < 1.29 is 13.6 Å². The van der Waals surface area contributed by atoms with Gasteiger partial charge in [-0.1, -0.05) is 26.8 Å². The number of thiophene rings is 1. The van der Waals surface area contributed by atoms with E-state index in [1.165, 1.54) is 17.4 Å². The lowest BCUT2D eigenvalue weighted by atomic mass is 9.95. The molecule has 0 fully saturated rings. The van der Waals surface area contributed by atoms with E-state index >= 15 is 0 Å². The Balaban J connectivity index is 2.43. The topological polar surface area (TPSA) is 17.1 Å². The highest BCUT2D eigenvalue weighted by molar-refractivity contribution is 7.14. The van der Waals surface area contributed by atoms with Gasteiger partial charge in [0.15, 0.2) is 0 Å². The summed E-state index contributed by atoms with van der Waals surface area (Å²) in [5, 5.41) is 0. The molecule has 0 saturated carbocycles. The number of ketones is 1. The van der Waals surface area contributed by atoms with Crippen LogP contribution < -0.4 is 0 Å². The molecule has 0 spiro atoms. The fourth-order valence-electron chi connectivity index (χ4n) is 1.70. The van der Waals surface area contributed by atoms with Crippen molar-refractivity contribution in [2.75, 3.05) is 0 Å². The molecule has 0 atom stereocenters. The van der Waals surface area contributed by atoms with Crippen molar-refractivity contribution in [3.63, 3.8) is 0 Å². The lowest BCUT2D eigenvalue weighted by Gasteiger charge is -2.15. The first-order valence-corrected chi connectivity index (χ1v) is 6.71. The lowest BCUT2D eigenvalue weighted by molar-refractivity contribution is 0.103. The van der Waals surface area contributed by atoms with Crippen LogP contribution in [0, 0.1) is 11.6 Å². The first-order chi connectivity index (χ1) is 8.80. The molecule has 1 nitrogen and oxygen atoms in total. The van der Waals surface area contributed by atoms with Crippen LogP contribution in [0.15, 0.2) is 30.3 Å². The molecule has 0 aliphatic heterocycles. The van der Waals surface area contributed by atoms with E-state index in [1.807, 2.05) is 26.8 Å². The Morgan fingerprint density at radius 2 is 1.63 bits per heavy atom. The summed E-state index contributed by atoms with van der Waals surface area (Å²) in [6, 6.07) is 6.88. The third-order valence-electron chi connectivity index (χ3n) is 2.76. The zero-order chi connectivity index (χ0) is 14.2. The van der Waals surface area contributed by atoms with Crippen LogP contribution in [0.1, 0.15) is 40.9 Å². The SMILES string of the molecule is CC(C)(C)c1ccc(C(=O)c2c(F)cccc2F)s1. The molecule has 0 saturated heterocycles. The summed E-state index contributed by atoms with van der Waals surface area (Å²) in [6.07, 6.45) is 0. The number of hydrogen-bond acceptors (Lipinski definition) is 2. The van der Waals surface area contributed by atoms with Crippen LogP contribution in [-0.4, -0.2) is 5.78 Å². The van der Waals surface area contributed by atoms with Crippen molar-refractivity contribution in [1.82, 2.24) is 0 Å². The minimum atomic E-state index is -0.823. The van der Waals surface area contributed by atoms with E-state index in [1.54, 1.807) is 6.07 Å². The molecule has 0 aliphatic carbocycles. The zero-order valence-corrected chi connectivity index (χ0v) is 11.8. The Hall–Kier alpha value is -1.55. The first kappa shape index (κ1) is 13.9. The van der Waals surface area contributed by atoms with Crippen molar-refractivity contribution in [2.45, 2.75) is 26.2 Å². The van der Waals surface area contributed by atoms with Crippen LogP contribution in [0.4, 0.5) is 8.78 Å². The number of benzene rings is 1. The third kappa shape index (κ3) is 2.73. The molecule has 0 aliphatic rings. The number of carbonyl (C=O) groups is 1. The van der Waals surface area contributed by atoms with Gasteiger partial charge in [0.2, 0.25) is 5.78 Å². The molecule has 100 valence electrons. The fraction of sp³-hybridized carbons (Fsp3) is 0.267. The van der Waals surface area contributed by atoms with E-state index in [9.17, 15) is 13.6 Å². The molecule has 0 unspecified atom stereocenters. The van der Waals surface area contributed by atoms with Crippen LogP contribution in [-0.2, 0) is 5.41 Å². The second-order valence-corrected chi connectivity index (χ2v) is 6.42. The summed E-state index contributed by atoms with van der Waals surface area (Å²) in [4.78, 5) is 13.5. The molecule has 4 heteroatoms. The summed E-state index contributed by atoms with van der Waals surface area (Å²) < 4.78 is 27.1. The molecule has 2 rings (SSSR count). The van der Waals surface area contributed by atoms with Crippen molar-refractivity contribution in [1.29, 1.82) is 0 Å². The number of carbonyl (C=O) groups excluding carboxylic acids is 1. The van der Waals surface area contributed by atoms with Gasteiger partial charge in [0.1, 0.15) is 11.6 Å². The van der Waals surface area contributed by atoms with Crippen LogP contribution >= 0.6 is 11.3 Å². The highest BCUT2D eigenvalue weighted by atomic mass is 32.1. The van der Waals surface area contributed by atoms with Gasteiger partial charge in [0.25, 0.3) is 0 Å². The Labute approximate surface area is 114 Å². The van der Waals surface area contributed by atoms with Crippen molar-refractivity contribution >= 4 is 17.1 Å². The molecule has 1 aromatic heterocycles. The van der Waals surface area contributed by atoms with Gasteiger partial charge < -0.3 is 0 Å². The normalized spacial score (nSPS) is 11.6. The Morgan fingerprint density at radius 3 is 2.11 bits per heavy atom. The minimum absolute atomic E-state index is 0.0863. The number of hydrogen-bond donors (Lipinski definition) is 0. The Kier molecular flexibility index (Phi) is 3.54.